The van der Waals surface area contributed by atoms with Crippen LogP contribution in [0.5, 0.6) is 0 Å². The molecule has 1 aromatic carbocycles. The minimum absolute atomic E-state index is 0.0299. The summed E-state index contributed by atoms with van der Waals surface area (Å²) < 4.78 is 5.99. The van der Waals surface area contributed by atoms with Crippen LogP contribution < -0.4 is 10.2 Å². The molecule has 0 amide bonds. The second kappa shape index (κ2) is 11.2. The van der Waals surface area contributed by atoms with E-state index in [2.05, 4.69) is 64.2 Å². The smallest absolute Gasteiger partial charge is 0.0825 e. The molecule has 0 unspecified atom stereocenters. The third-order valence-corrected chi connectivity index (χ3v) is 6.43. The van der Waals surface area contributed by atoms with Crippen LogP contribution in [0.2, 0.25) is 0 Å². The number of benzene rings is 1. The summed E-state index contributed by atoms with van der Waals surface area (Å²) >= 11 is 0. The minimum Gasteiger partial charge on any atom is -0.376 e. The Morgan fingerprint density at radius 2 is 1.85 bits per heavy atom. The van der Waals surface area contributed by atoms with Gasteiger partial charge in [0.25, 0.3) is 0 Å². The molecule has 3 nitrogen and oxygen atoms in total. The second-order valence-corrected chi connectivity index (χ2v) is 9.09. The molecular weight excluding hydrogens is 332 g/mol. The summed E-state index contributed by atoms with van der Waals surface area (Å²) in [6, 6.07) is 9.30. The van der Waals surface area contributed by atoms with Gasteiger partial charge in [0, 0.05) is 19.4 Å². The average molecular weight is 377 g/mol. The molecular formula is C24H44N2O+2. The van der Waals surface area contributed by atoms with Crippen molar-refractivity contribution in [2.24, 2.45) is 5.92 Å². The Bertz CT molecular complexity index is 522. The maximum absolute atomic E-state index is 5.99. The van der Waals surface area contributed by atoms with E-state index in [-0.39, 0.29) is 5.60 Å². The largest absolute Gasteiger partial charge is 0.376 e. The molecule has 0 radical (unpaired) electrons. The number of nitrogens with one attached hydrogen (secondary N) is 1. The van der Waals surface area contributed by atoms with Crippen LogP contribution in [-0.4, -0.2) is 44.9 Å². The molecule has 2 rings (SSSR count). The van der Waals surface area contributed by atoms with Crippen LogP contribution >= 0.6 is 0 Å². The van der Waals surface area contributed by atoms with Gasteiger partial charge in [-0.2, -0.15) is 0 Å². The third-order valence-electron chi connectivity index (χ3n) is 6.43. The van der Waals surface area contributed by atoms with E-state index in [4.69, 9.17) is 4.74 Å². The van der Waals surface area contributed by atoms with Crippen LogP contribution in [0.4, 0.5) is 0 Å². The quantitative estimate of drug-likeness (QED) is 0.571. The van der Waals surface area contributed by atoms with Crippen LogP contribution in [0.15, 0.2) is 24.3 Å². The molecule has 1 aliphatic heterocycles. The van der Waals surface area contributed by atoms with E-state index in [0.29, 0.717) is 5.92 Å². The van der Waals surface area contributed by atoms with Crippen LogP contribution in [0.1, 0.15) is 70.4 Å². The second-order valence-electron chi connectivity index (χ2n) is 9.09. The number of ether oxygens (including phenoxy) is 1. The Kier molecular flexibility index (Phi) is 9.28. The topological polar surface area (TPSA) is 30.3 Å². The van der Waals surface area contributed by atoms with Crippen molar-refractivity contribution in [3.63, 3.8) is 0 Å². The fourth-order valence-corrected chi connectivity index (χ4v) is 4.65. The van der Waals surface area contributed by atoms with Gasteiger partial charge in [-0.05, 0) is 64.9 Å². The Hall–Kier alpha value is -0.900. The third kappa shape index (κ3) is 7.56. The van der Waals surface area contributed by atoms with Crippen LogP contribution in [0, 0.1) is 12.8 Å². The zero-order valence-corrected chi connectivity index (χ0v) is 18.5. The molecule has 3 heteroatoms. The Balaban J connectivity index is 1.88. The summed E-state index contributed by atoms with van der Waals surface area (Å²) in [7, 11) is 0. The van der Waals surface area contributed by atoms with E-state index in [1.54, 1.807) is 4.90 Å². The van der Waals surface area contributed by atoms with Crippen molar-refractivity contribution < 1.29 is 15.0 Å². The van der Waals surface area contributed by atoms with E-state index in [1.807, 2.05) is 0 Å². The maximum atomic E-state index is 5.99. The molecule has 0 spiro atoms. The molecule has 0 saturated carbocycles. The van der Waals surface area contributed by atoms with Crippen molar-refractivity contribution in [3.05, 3.63) is 35.4 Å². The van der Waals surface area contributed by atoms with E-state index in [9.17, 15) is 0 Å². The van der Waals surface area contributed by atoms with Gasteiger partial charge in [0.2, 0.25) is 0 Å². The van der Waals surface area contributed by atoms with Crippen LogP contribution in [0.3, 0.4) is 0 Å². The number of hydrogen-bond donors (Lipinski definition) is 2. The molecule has 1 heterocycles. The van der Waals surface area contributed by atoms with Gasteiger partial charge in [-0.25, -0.2) is 0 Å². The standard InChI is InChI=1S/C24H42N2O/c1-6-26(7-2)17-8-15-25-16-13-23(21-11-9-20(3)10-12-21)22-14-18-27-24(4,5)19-22/h9-12,22-23,25H,6-8,13-19H2,1-5H3/p+2/t22-,23-/m0/s1. The monoisotopic (exact) mass is 376 g/mol. The summed E-state index contributed by atoms with van der Waals surface area (Å²) in [6.07, 6.45) is 4.99. The summed E-state index contributed by atoms with van der Waals surface area (Å²) in [4.78, 5) is 1.73. The van der Waals surface area contributed by atoms with Gasteiger partial charge in [0.05, 0.1) is 38.3 Å². The SMILES string of the molecule is CC[NH+](CC)CCC[NH2+]CC[C@@H](c1ccc(C)cc1)[C@H]1CCOC(C)(C)C1. The number of aryl methyl sites for hydroxylation is 1. The molecule has 27 heavy (non-hydrogen) atoms. The Labute approximate surface area is 167 Å². The van der Waals surface area contributed by atoms with E-state index >= 15 is 0 Å². The van der Waals surface area contributed by atoms with Gasteiger partial charge < -0.3 is 15.0 Å². The zero-order valence-electron chi connectivity index (χ0n) is 18.5. The van der Waals surface area contributed by atoms with Crippen molar-refractivity contribution in [2.45, 2.75) is 71.8 Å². The van der Waals surface area contributed by atoms with E-state index < -0.39 is 0 Å². The van der Waals surface area contributed by atoms with Gasteiger partial charge in [-0.3, -0.25) is 0 Å². The summed E-state index contributed by atoms with van der Waals surface area (Å²) in [5.41, 5.74) is 2.92. The molecule has 154 valence electrons. The highest BCUT2D eigenvalue weighted by Gasteiger charge is 2.34. The van der Waals surface area contributed by atoms with Crippen molar-refractivity contribution in [2.75, 3.05) is 39.3 Å². The molecule has 1 fully saturated rings. The van der Waals surface area contributed by atoms with E-state index in [1.165, 1.54) is 69.5 Å². The highest BCUT2D eigenvalue weighted by molar-refractivity contribution is 5.25. The Morgan fingerprint density at radius 1 is 1.15 bits per heavy atom. The molecule has 1 aromatic rings. The summed E-state index contributed by atoms with van der Waals surface area (Å²) in [5, 5.41) is 2.55. The first-order valence-electron chi connectivity index (χ1n) is 11.3. The molecule has 0 aromatic heterocycles. The van der Waals surface area contributed by atoms with Gasteiger partial charge in [0.15, 0.2) is 0 Å². The van der Waals surface area contributed by atoms with Crippen molar-refractivity contribution in [3.8, 4) is 0 Å². The predicted molar refractivity (Wildman–Crippen MR) is 114 cm³/mol. The molecule has 0 bridgehead atoms. The van der Waals surface area contributed by atoms with Crippen molar-refractivity contribution in [1.82, 2.24) is 0 Å². The van der Waals surface area contributed by atoms with Crippen molar-refractivity contribution in [1.29, 1.82) is 0 Å². The lowest BCUT2D eigenvalue weighted by molar-refractivity contribution is -0.898. The van der Waals surface area contributed by atoms with Gasteiger partial charge >= 0.3 is 0 Å². The zero-order chi connectivity index (χ0) is 19.7. The summed E-state index contributed by atoms with van der Waals surface area (Å²) in [6.45, 7) is 18.5. The molecule has 2 atom stereocenters. The highest BCUT2D eigenvalue weighted by Crippen LogP contribution is 2.39. The predicted octanol–water partition coefficient (Wildman–Crippen LogP) is 2.55. The number of hydrogen-bond acceptors (Lipinski definition) is 1. The fourth-order valence-electron chi connectivity index (χ4n) is 4.65. The minimum atomic E-state index is 0.0299. The fraction of sp³-hybridized carbons (Fsp3) is 0.750. The maximum Gasteiger partial charge on any atom is 0.0825 e. The van der Waals surface area contributed by atoms with Gasteiger partial charge in [0.1, 0.15) is 0 Å². The first kappa shape index (κ1) is 22.4. The molecule has 0 aliphatic carbocycles. The van der Waals surface area contributed by atoms with E-state index in [0.717, 1.165) is 12.5 Å². The first-order chi connectivity index (χ1) is 12.9. The summed E-state index contributed by atoms with van der Waals surface area (Å²) in [5.74, 6) is 1.41. The number of rotatable bonds is 11. The molecule has 1 saturated heterocycles. The number of quaternary nitrogens is 2. The lowest BCUT2D eigenvalue weighted by Crippen LogP contribution is -3.11. The first-order valence-corrected chi connectivity index (χ1v) is 11.3. The van der Waals surface area contributed by atoms with Gasteiger partial charge in [-0.15, -0.1) is 0 Å². The average Bonchev–Trinajstić information content (AvgIpc) is 2.64. The van der Waals surface area contributed by atoms with Crippen LogP contribution in [-0.2, 0) is 4.74 Å². The molecule has 3 N–H and O–H groups in total. The highest BCUT2D eigenvalue weighted by atomic mass is 16.5. The lowest BCUT2D eigenvalue weighted by Gasteiger charge is -2.39. The normalized spacial score (nSPS) is 20.7. The Morgan fingerprint density at radius 3 is 2.48 bits per heavy atom. The van der Waals surface area contributed by atoms with Crippen LogP contribution in [0.25, 0.3) is 0 Å². The molecule has 1 aliphatic rings. The number of nitrogens with two attached hydrogens (primary N) is 1. The van der Waals surface area contributed by atoms with Gasteiger partial charge in [-0.1, -0.05) is 29.8 Å². The van der Waals surface area contributed by atoms with Crippen molar-refractivity contribution >= 4 is 0 Å². The lowest BCUT2D eigenvalue weighted by atomic mass is 9.75.